The average Bonchev–Trinajstić information content (AvgIpc) is 2.64. The third-order valence-corrected chi connectivity index (χ3v) is 4.72. The minimum Gasteiger partial charge on any atom is -0.368 e. The quantitative estimate of drug-likeness (QED) is 0.502. The van der Waals surface area contributed by atoms with Crippen molar-refractivity contribution in [1.29, 1.82) is 0 Å². The van der Waals surface area contributed by atoms with Gasteiger partial charge in [0.15, 0.2) is 17.5 Å². The van der Waals surface area contributed by atoms with E-state index in [9.17, 15) is 10.1 Å². The number of anilines is 2. The third-order valence-electron chi connectivity index (χ3n) is 4.04. The topological polar surface area (TPSA) is 75.8 Å². The SMILES string of the molecule is O=[N+]([O-])c1ccc(Cl)c(NC(=S)N2CCN(c3cc[nH+]cc3)CC2)c1. The second-order valence-corrected chi connectivity index (χ2v) is 6.38. The van der Waals surface area contributed by atoms with Crippen LogP contribution in [-0.2, 0) is 0 Å². The zero-order valence-electron chi connectivity index (χ0n) is 13.3. The number of pyridine rings is 1. The standard InChI is InChI=1S/C16H16ClN5O2S/c17-14-2-1-13(22(23)24)11-15(14)19-16(25)21-9-7-20(8-10-21)12-3-5-18-6-4-12/h1-6,11H,7-10H2,(H,19,25)/p+1. The molecule has 0 bridgehead atoms. The number of aromatic nitrogens is 1. The fourth-order valence-electron chi connectivity index (χ4n) is 2.67. The van der Waals surface area contributed by atoms with Crippen LogP contribution in [0.25, 0.3) is 0 Å². The number of hydrogen-bond donors (Lipinski definition) is 1. The molecule has 2 aromatic rings. The molecule has 0 atom stereocenters. The van der Waals surface area contributed by atoms with Gasteiger partial charge in [-0.1, -0.05) is 11.6 Å². The maximum absolute atomic E-state index is 10.9. The van der Waals surface area contributed by atoms with Gasteiger partial charge in [0, 0.05) is 56.1 Å². The highest BCUT2D eigenvalue weighted by atomic mass is 35.5. The summed E-state index contributed by atoms with van der Waals surface area (Å²) in [6, 6.07) is 8.33. The number of halogens is 1. The molecular formula is C16H17ClN5O2S+. The largest absolute Gasteiger partial charge is 0.368 e. The Morgan fingerprint density at radius 2 is 1.88 bits per heavy atom. The number of piperazine rings is 1. The van der Waals surface area contributed by atoms with Crippen LogP contribution >= 0.6 is 23.8 Å². The van der Waals surface area contributed by atoms with E-state index in [2.05, 4.69) is 15.2 Å². The van der Waals surface area contributed by atoms with Gasteiger partial charge >= 0.3 is 0 Å². The number of benzene rings is 1. The number of rotatable bonds is 3. The number of hydrogen-bond acceptors (Lipinski definition) is 4. The Labute approximate surface area is 155 Å². The highest BCUT2D eigenvalue weighted by molar-refractivity contribution is 7.80. The number of nitro groups is 1. The maximum Gasteiger partial charge on any atom is 0.271 e. The Morgan fingerprint density at radius 3 is 2.52 bits per heavy atom. The van der Waals surface area contributed by atoms with Crippen molar-refractivity contribution in [3.63, 3.8) is 0 Å². The molecule has 3 rings (SSSR count). The minimum atomic E-state index is -0.458. The van der Waals surface area contributed by atoms with Crippen LogP contribution in [0.1, 0.15) is 0 Å². The second kappa shape index (κ2) is 7.62. The van der Waals surface area contributed by atoms with Crippen molar-refractivity contribution in [3.05, 3.63) is 57.9 Å². The summed E-state index contributed by atoms with van der Waals surface area (Å²) in [5.41, 5.74) is 1.58. The highest BCUT2D eigenvalue weighted by Gasteiger charge is 2.20. The molecule has 2 N–H and O–H groups in total. The number of non-ortho nitro benzene ring substituents is 1. The number of thiocarbonyl (C=S) groups is 1. The molecule has 1 saturated heterocycles. The van der Waals surface area contributed by atoms with E-state index in [0.717, 1.165) is 26.2 Å². The second-order valence-electron chi connectivity index (χ2n) is 5.58. The van der Waals surface area contributed by atoms with Gasteiger partial charge in [-0.15, -0.1) is 0 Å². The van der Waals surface area contributed by atoms with Crippen molar-refractivity contribution in [2.24, 2.45) is 0 Å². The Balaban J connectivity index is 1.62. The van der Waals surface area contributed by atoms with Crippen LogP contribution in [0, 0.1) is 10.1 Å². The molecule has 0 amide bonds. The molecule has 1 aliphatic heterocycles. The van der Waals surface area contributed by atoms with Crippen molar-refractivity contribution in [2.75, 3.05) is 36.4 Å². The summed E-state index contributed by atoms with van der Waals surface area (Å²) in [4.78, 5) is 17.8. The van der Waals surface area contributed by atoms with Crippen molar-refractivity contribution in [2.45, 2.75) is 0 Å². The number of H-pyrrole nitrogens is 1. The van der Waals surface area contributed by atoms with Gasteiger partial charge in [-0.3, -0.25) is 10.1 Å². The predicted octanol–water partition coefficient (Wildman–Crippen LogP) is 2.58. The molecule has 1 aromatic carbocycles. The van der Waals surface area contributed by atoms with E-state index in [4.69, 9.17) is 23.8 Å². The lowest BCUT2D eigenvalue weighted by Crippen LogP contribution is -2.50. The lowest BCUT2D eigenvalue weighted by atomic mass is 10.2. The van der Waals surface area contributed by atoms with E-state index < -0.39 is 4.92 Å². The monoisotopic (exact) mass is 378 g/mol. The Kier molecular flexibility index (Phi) is 5.30. The van der Waals surface area contributed by atoms with Crippen LogP contribution in [0.3, 0.4) is 0 Å². The number of nitrogens with one attached hydrogen (secondary N) is 2. The molecule has 2 heterocycles. The molecule has 0 saturated carbocycles. The lowest BCUT2D eigenvalue weighted by Gasteiger charge is -2.37. The van der Waals surface area contributed by atoms with Gasteiger partial charge in [0.1, 0.15) is 0 Å². The van der Waals surface area contributed by atoms with Crippen molar-refractivity contribution >= 4 is 46.0 Å². The fourth-order valence-corrected chi connectivity index (χ4v) is 3.13. The van der Waals surface area contributed by atoms with Gasteiger partial charge < -0.3 is 15.1 Å². The van der Waals surface area contributed by atoms with Gasteiger partial charge in [-0.2, -0.15) is 0 Å². The zero-order chi connectivity index (χ0) is 17.8. The third kappa shape index (κ3) is 4.15. The van der Waals surface area contributed by atoms with Crippen molar-refractivity contribution in [1.82, 2.24) is 4.90 Å². The number of nitro benzene ring substituents is 1. The summed E-state index contributed by atoms with van der Waals surface area (Å²) in [6.45, 7) is 3.21. The summed E-state index contributed by atoms with van der Waals surface area (Å²) in [5, 5.41) is 14.8. The van der Waals surface area contributed by atoms with E-state index in [0.29, 0.717) is 15.8 Å². The summed E-state index contributed by atoms with van der Waals surface area (Å²) in [5.74, 6) is 0. The van der Waals surface area contributed by atoms with E-state index in [1.54, 1.807) is 0 Å². The first-order chi connectivity index (χ1) is 12.0. The van der Waals surface area contributed by atoms with Crippen LogP contribution < -0.4 is 15.2 Å². The van der Waals surface area contributed by atoms with Crippen molar-refractivity contribution in [3.8, 4) is 0 Å². The minimum absolute atomic E-state index is 0.0274. The summed E-state index contributed by atoms with van der Waals surface area (Å²) in [6.07, 6.45) is 3.80. The molecule has 1 fully saturated rings. The molecule has 9 heteroatoms. The Hall–Kier alpha value is -2.45. The summed E-state index contributed by atoms with van der Waals surface area (Å²) < 4.78 is 0. The molecule has 1 aliphatic rings. The molecule has 0 radical (unpaired) electrons. The van der Waals surface area contributed by atoms with E-state index >= 15 is 0 Å². The van der Waals surface area contributed by atoms with Crippen LogP contribution in [0.4, 0.5) is 17.1 Å². The molecule has 0 spiro atoms. The first kappa shape index (κ1) is 17.4. The Bertz CT molecular complexity index is 781. The van der Waals surface area contributed by atoms with Crippen LogP contribution in [0.2, 0.25) is 5.02 Å². The molecular weight excluding hydrogens is 362 g/mol. The van der Waals surface area contributed by atoms with E-state index in [1.165, 1.54) is 23.9 Å². The van der Waals surface area contributed by atoms with E-state index in [-0.39, 0.29) is 5.69 Å². The van der Waals surface area contributed by atoms with Gasteiger partial charge in [-0.25, -0.2) is 4.98 Å². The summed E-state index contributed by atoms with van der Waals surface area (Å²) in [7, 11) is 0. The fraction of sp³-hybridized carbons (Fsp3) is 0.250. The van der Waals surface area contributed by atoms with E-state index in [1.807, 2.05) is 29.4 Å². The normalized spacial score (nSPS) is 14.3. The molecule has 25 heavy (non-hydrogen) atoms. The molecule has 1 aromatic heterocycles. The van der Waals surface area contributed by atoms with Gasteiger partial charge in [-0.05, 0) is 18.3 Å². The number of nitrogens with zero attached hydrogens (tertiary/aromatic N) is 3. The lowest BCUT2D eigenvalue weighted by molar-refractivity contribution is -0.384. The summed E-state index contributed by atoms with van der Waals surface area (Å²) >= 11 is 11.6. The van der Waals surface area contributed by atoms with Gasteiger partial charge in [0.2, 0.25) is 0 Å². The first-order valence-electron chi connectivity index (χ1n) is 7.75. The van der Waals surface area contributed by atoms with Crippen LogP contribution in [0.15, 0.2) is 42.7 Å². The van der Waals surface area contributed by atoms with Crippen LogP contribution in [0.5, 0.6) is 0 Å². The first-order valence-corrected chi connectivity index (χ1v) is 8.54. The molecule has 0 unspecified atom stereocenters. The molecule has 7 nitrogen and oxygen atoms in total. The molecule has 0 aliphatic carbocycles. The van der Waals surface area contributed by atoms with Crippen LogP contribution in [-0.4, -0.2) is 41.1 Å². The van der Waals surface area contributed by atoms with Gasteiger partial charge in [0.05, 0.1) is 15.6 Å². The van der Waals surface area contributed by atoms with Gasteiger partial charge in [0.25, 0.3) is 5.69 Å². The smallest absolute Gasteiger partial charge is 0.271 e. The number of aromatic amines is 1. The highest BCUT2D eigenvalue weighted by Crippen LogP contribution is 2.27. The zero-order valence-corrected chi connectivity index (χ0v) is 14.9. The van der Waals surface area contributed by atoms with Crippen molar-refractivity contribution < 1.29 is 9.91 Å². The average molecular weight is 379 g/mol. The Morgan fingerprint density at radius 1 is 1.20 bits per heavy atom. The molecule has 130 valence electrons. The predicted molar refractivity (Wildman–Crippen MR) is 101 cm³/mol. The maximum atomic E-state index is 10.9.